The van der Waals surface area contributed by atoms with Gasteiger partial charge in [-0.2, -0.15) is 0 Å². The fraction of sp³-hybridized carbons (Fsp3) is 0.389. The summed E-state index contributed by atoms with van der Waals surface area (Å²) in [4.78, 5) is 16.4. The van der Waals surface area contributed by atoms with Crippen LogP contribution in [0.4, 0.5) is 0 Å². The van der Waals surface area contributed by atoms with Gasteiger partial charge in [-0.3, -0.25) is 0 Å². The second-order valence-corrected chi connectivity index (χ2v) is 12.7. The van der Waals surface area contributed by atoms with Gasteiger partial charge in [-0.05, 0) is 11.6 Å². The Labute approximate surface area is 154 Å². The number of carbonyl (C=O) groups excluding carboxylic acids is 1. The molecule has 0 saturated heterocycles. The van der Waals surface area contributed by atoms with E-state index in [-0.39, 0.29) is 19.0 Å². The van der Waals surface area contributed by atoms with Crippen LogP contribution in [-0.2, 0) is 22.8 Å². The highest BCUT2D eigenvalue weighted by atomic mass is 28.3. The van der Waals surface area contributed by atoms with Crippen LogP contribution < -0.4 is 0 Å². The maximum Gasteiger partial charge on any atom is 0.358 e. The minimum absolute atomic E-state index is 0.143. The van der Waals surface area contributed by atoms with E-state index in [2.05, 4.69) is 29.8 Å². The Morgan fingerprint density at radius 3 is 2.69 bits per heavy atom. The predicted molar refractivity (Wildman–Crippen MR) is 101 cm³/mol. The van der Waals surface area contributed by atoms with Crippen molar-refractivity contribution in [2.75, 3.05) is 6.61 Å². The topological polar surface area (TPSA) is 85.9 Å². The highest BCUT2D eigenvalue weighted by Gasteiger charge is 2.16. The largest absolute Gasteiger partial charge is 0.456 e. The number of esters is 1. The van der Waals surface area contributed by atoms with Crippen LogP contribution in [0.3, 0.4) is 0 Å². The molecule has 140 valence electrons. The maximum absolute atomic E-state index is 12.2. The van der Waals surface area contributed by atoms with Crippen molar-refractivity contribution >= 4 is 20.3 Å². The molecule has 2 aromatic rings. The summed E-state index contributed by atoms with van der Waals surface area (Å²) in [6.45, 7) is 7.86. The molecule has 26 heavy (non-hydrogen) atoms. The molecule has 8 heteroatoms. The molecule has 0 atom stereocenters. The van der Waals surface area contributed by atoms with Gasteiger partial charge in [0.2, 0.25) is 0 Å². The minimum atomic E-state index is -1.17. The van der Waals surface area contributed by atoms with Crippen molar-refractivity contribution in [3.05, 3.63) is 53.6 Å². The molecule has 0 unspecified atom stereocenters. The molecule has 1 heterocycles. The zero-order valence-electron chi connectivity index (χ0n) is 15.4. The molecule has 0 aliphatic carbocycles. The van der Waals surface area contributed by atoms with Gasteiger partial charge in [0.05, 0.1) is 0 Å². The number of carbonyl (C=O) groups is 1. The van der Waals surface area contributed by atoms with E-state index < -0.39 is 14.0 Å². The number of imidazole rings is 1. The first kappa shape index (κ1) is 19.9. The molecule has 0 aliphatic rings. The van der Waals surface area contributed by atoms with Gasteiger partial charge in [-0.1, -0.05) is 55.1 Å². The number of aromatic nitrogens is 2. The Morgan fingerprint density at radius 2 is 2.04 bits per heavy atom. The van der Waals surface area contributed by atoms with Crippen molar-refractivity contribution in [2.24, 2.45) is 5.16 Å². The Hall–Kier alpha value is -2.45. The molecule has 7 nitrogen and oxygen atoms in total. The van der Waals surface area contributed by atoms with E-state index in [0.717, 1.165) is 17.8 Å². The van der Waals surface area contributed by atoms with E-state index in [1.807, 2.05) is 30.3 Å². The fourth-order valence-corrected chi connectivity index (χ4v) is 2.88. The molecule has 0 aliphatic heterocycles. The van der Waals surface area contributed by atoms with Crippen molar-refractivity contribution in [1.82, 2.24) is 9.55 Å². The number of hydrogen-bond donors (Lipinski definition) is 1. The summed E-state index contributed by atoms with van der Waals surface area (Å²) in [7, 11) is -1.17. The number of hydrogen-bond acceptors (Lipinski definition) is 6. The van der Waals surface area contributed by atoms with Crippen LogP contribution in [0, 0.1) is 0 Å². The third-order valence-electron chi connectivity index (χ3n) is 3.63. The first-order valence-electron chi connectivity index (χ1n) is 8.42. The van der Waals surface area contributed by atoms with Gasteiger partial charge >= 0.3 is 5.97 Å². The molecular weight excluding hydrogens is 350 g/mol. The highest BCUT2D eigenvalue weighted by molar-refractivity contribution is 6.76. The molecular formula is C18H25N3O4Si. The predicted octanol–water partition coefficient (Wildman–Crippen LogP) is 3.36. The second-order valence-electron chi connectivity index (χ2n) is 7.11. The molecule has 0 amide bonds. The molecule has 0 spiro atoms. The van der Waals surface area contributed by atoms with Crippen LogP contribution in [0.1, 0.15) is 21.9 Å². The van der Waals surface area contributed by atoms with Crippen LogP contribution >= 0.6 is 0 Å². The molecule has 0 saturated carbocycles. The lowest BCUT2D eigenvalue weighted by Gasteiger charge is -2.15. The molecule has 0 radical (unpaired) electrons. The van der Waals surface area contributed by atoms with E-state index in [9.17, 15) is 4.79 Å². The van der Waals surface area contributed by atoms with Crippen LogP contribution in [0.2, 0.25) is 25.7 Å². The summed E-state index contributed by atoms with van der Waals surface area (Å²) in [5.74, 6) is -0.213. The number of nitrogens with zero attached hydrogens (tertiary/aromatic N) is 3. The number of oxime groups is 1. The molecule has 2 rings (SSSR count). The molecule has 1 N–H and O–H groups in total. The van der Waals surface area contributed by atoms with E-state index in [0.29, 0.717) is 12.4 Å². The smallest absolute Gasteiger partial charge is 0.358 e. The van der Waals surface area contributed by atoms with Crippen molar-refractivity contribution in [2.45, 2.75) is 39.0 Å². The van der Waals surface area contributed by atoms with Gasteiger partial charge in [0.25, 0.3) is 0 Å². The first-order chi connectivity index (χ1) is 12.4. The Morgan fingerprint density at radius 1 is 1.31 bits per heavy atom. The van der Waals surface area contributed by atoms with E-state index in [1.165, 1.54) is 0 Å². The number of rotatable bonds is 9. The fourth-order valence-electron chi connectivity index (χ4n) is 2.12. The molecule has 1 aromatic carbocycles. The zero-order chi connectivity index (χ0) is 19.0. The summed E-state index contributed by atoms with van der Waals surface area (Å²) in [5, 5.41) is 11.8. The van der Waals surface area contributed by atoms with Gasteiger partial charge in [-0.15, -0.1) is 0 Å². The molecule has 1 aromatic heterocycles. The third kappa shape index (κ3) is 6.45. The van der Waals surface area contributed by atoms with E-state index >= 15 is 0 Å². The monoisotopic (exact) mass is 375 g/mol. The highest BCUT2D eigenvalue weighted by Crippen LogP contribution is 2.10. The maximum atomic E-state index is 12.2. The lowest BCUT2D eigenvalue weighted by atomic mass is 10.2. The van der Waals surface area contributed by atoms with Crippen molar-refractivity contribution in [3.8, 4) is 0 Å². The standard InChI is InChI=1S/C18H25N3O4Si/c1-26(2,3)10-9-24-14-21-12-16(20-17(21)11-19-23)18(22)25-13-15-7-5-4-6-8-15/h4-8,11-12,23H,9-10,13-14H2,1-3H3/b19-11+. The van der Waals surface area contributed by atoms with Crippen LogP contribution in [-0.4, -0.2) is 41.6 Å². The van der Waals surface area contributed by atoms with Gasteiger partial charge < -0.3 is 19.2 Å². The summed E-state index contributed by atoms with van der Waals surface area (Å²) in [6.07, 6.45) is 2.70. The van der Waals surface area contributed by atoms with Gasteiger partial charge in [0.1, 0.15) is 19.6 Å². The Kier molecular flexibility index (Phi) is 7.11. The first-order valence-corrected chi connectivity index (χ1v) is 12.1. The van der Waals surface area contributed by atoms with Crippen LogP contribution in [0.25, 0.3) is 0 Å². The van der Waals surface area contributed by atoms with Gasteiger partial charge in [-0.25, -0.2) is 9.78 Å². The summed E-state index contributed by atoms with van der Waals surface area (Å²) in [5.41, 5.74) is 1.04. The zero-order valence-corrected chi connectivity index (χ0v) is 16.4. The van der Waals surface area contributed by atoms with Crippen molar-refractivity contribution < 1.29 is 19.5 Å². The lowest BCUT2D eigenvalue weighted by molar-refractivity contribution is 0.0465. The third-order valence-corrected chi connectivity index (χ3v) is 5.33. The van der Waals surface area contributed by atoms with Crippen molar-refractivity contribution in [1.29, 1.82) is 0 Å². The number of benzene rings is 1. The molecule has 0 fully saturated rings. The normalized spacial score (nSPS) is 11.8. The Balaban J connectivity index is 1.97. The average molecular weight is 376 g/mol. The van der Waals surface area contributed by atoms with Crippen molar-refractivity contribution in [3.63, 3.8) is 0 Å². The summed E-state index contributed by atoms with van der Waals surface area (Å²) < 4.78 is 12.6. The summed E-state index contributed by atoms with van der Waals surface area (Å²) >= 11 is 0. The minimum Gasteiger partial charge on any atom is -0.456 e. The van der Waals surface area contributed by atoms with E-state index in [4.69, 9.17) is 14.7 Å². The van der Waals surface area contributed by atoms with Gasteiger partial charge in [0.15, 0.2) is 11.5 Å². The lowest BCUT2D eigenvalue weighted by Crippen LogP contribution is -2.22. The SMILES string of the molecule is C[Si](C)(C)CCOCn1cc(C(=O)OCc2ccccc2)nc1/C=N/O. The average Bonchev–Trinajstić information content (AvgIpc) is 3.00. The van der Waals surface area contributed by atoms with Crippen LogP contribution in [0.15, 0.2) is 41.7 Å². The van der Waals surface area contributed by atoms with Crippen LogP contribution in [0.5, 0.6) is 0 Å². The molecule has 0 bridgehead atoms. The summed E-state index contributed by atoms with van der Waals surface area (Å²) in [6, 6.07) is 10.5. The van der Waals surface area contributed by atoms with E-state index in [1.54, 1.807) is 10.8 Å². The number of ether oxygens (including phenoxy) is 2. The quantitative estimate of drug-likeness (QED) is 0.181. The second kappa shape index (κ2) is 9.30. The Bertz CT molecular complexity index is 739. The van der Waals surface area contributed by atoms with Gasteiger partial charge in [0, 0.05) is 20.9 Å².